The lowest BCUT2D eigenvalue weighted by Crippen LogP contribution is -2.46. The van der Waals surface area contributed by atoms with Crippen LogP contribution < -0.4 is 4.74 Å². The first-order valence-electron chi connectivity index (χ1n) is 12.4. The van der Waals surface area contributed by atoms with E-state index in [1.165, 1.54) is 50.3 Å². The number of pyridine rings is 1. The number of fused-ring (bicyclic) bond motifs is 4. The van der Waals surface area contributed by atoms with Crippen molar-refractivity contribution in [2.75, 3.05) is 26.2 Å². The summed E-state index contributed by atoms with van der Waals surface area (Å²) in [7, 11) is 0. The summed E-state index contributed by atoms with van der Waals surface area (Å²) in [4.78, 5) is 20.5. The maximum Gasteiger partial charge on any atom is 0.318 e. The highest BCUT2D eigenvalue weighted by Gasteiger charge is 2.34. The number of hydrogen-bond acceptors (Lipinski definition) is 6. The first-order chi connectivity index (χ1) is 17.1. The summed E-state index contributed by atoms with van der Waals surface area (Å²) in [5.41, 5.74) is 5.22. The molecule has 3 aliphatic heterocycles. The summed E-state index contributed by atoms with van der Waals surface area (Å²) in [6.45, 7) is 8.47. The van der Waals surface area contributed by atoms with Gasteiger partial charge in [0, 0.05) is 18.3 Å². The molecule has 0 amide bonds. The zero-order chi connectivity index (χ0) is 23.9. The largest absolute Gasteiger partial charge is 0.464 e. The average Bonchev–Trinajstić information content (AvgIpc) is 3.24. The first-order valence-corrected chi connectivity index (χ1v) is 12.4. The predicted molar refractivity (Wildman–Crippen MR) is 132 cm³/mol. The Morgan fingerprint density at radius 2 is 1.86 bits per heavy atom. The molecule has 0 radical (unpaired) electrons. The number of aryl methyl sites for hydroxylation is 1. The SMILES string of the molecule is CCOc1nc(C)c2nc(-c3cncc(F)c3)n(Cc3ccc(C4CN5CCC4CC5)cc3)c2n1. The maximum atomic E-state index is 14.0. The standard InChI is InChI=1S/C27H29FN6O/c1-3-35-27-30-17(2)24-26(32-27)34(25(31-24)21-12-22(28)14-29-13-21)15-18-4-6-19(7-5-18)23-16-33-10-8-20(23)9-11-33/h4-7,12-14,20,23H,3,8-11,15-16H2,1-2H3. The summed E-state index contributed by atoms with van der Waals surface area (Å²) in [5.74, 6) is 1.63. The summed E-state index contributed by atoms with van der Waals surface area (Å²) in [6.07, 6.45) is 5.44. The van der Waals surface area contributed by atoms with Crippen LogP contribution in [0.5, 0.6) is 6.01 Å². The predicted octanol–water partition coefficient (Wildman–Crippen LogP) is 4.59. The molecule has 7 nitrogen and oxygen atoms in total. The lowest BCUT2D eigenvalue weighted by Gasteiger charge is -2.45. The van der Waals surface area contributed by atoms with E-state index in [1.807, 2.05) is 18.4 Å². The molecule has 1 atom stereocenters. The molecule has 35 heavy (non-hydrogen) atoms. The Balaban J connectivity index is 1.39. The molecule has 6 heterocycles. The molecule has 0 aliphatic carbocycles. The lowest BCUT2D eigenvalue weighted by atomic mass is 9.75. The van der Waals surface area contributed by atoms with Crippen LogP contribution in [0, 0.1) is 18.7 Å². The molecule has 3 aromatic heterocycles. The molecule has 0 spiro atoms. The van der Waals surface area contributed by atoms with Crippen LogP contribution >= 0.6 is 0 Å². The van der Waals surface area contributed by atoms with Crippen molar-refractivity contribution in [2.45, 2.75) is 39.2 Å². The van der Waals surface area contributed by atoms with Gasteiger partial charge in [0.15, 0.2) is 5.65 Å². The van der Waals surface area contributed by atoms with Crippen LogP contribution in [0.25, 0.3) is 22.6 Å². The number of ether oxygens (including phenoxy) is 1. The van der Waals surface area contributed by atoms with E-state index in [1.54, 1.807) is 6.20 Å². The van der Waals surface area contributed by atoms with Gasteiger partial charge in [-0.15, -0.1) is 0 Å². The van der Waals surface area contributed by atoms with Gasteiger partial charge in [0.1, 0.15) is 17.2 Å². The van der Waals surface area contributed by atoms with Gasteiger partial charge >= 0.3 is 6.01 Å². The second-order valence-corrected chi connectivity index (χ2v) is 9.60. The van der Waals surface area contributed by atoms with Crippen molar-refractivity contribution >= 4 is 11.2 Å². The van der Waals surface area contributed by atoms with E-state index in [0.717, 1.165) is 17.2 Å². The van der Waals surface area contributed by atoms with Gasteiger partial charge < -0.3 is 14.2 Å². The minimum Gasteiger partial charge on any atom is -0.464 e. The number of nitrogens with zero attached hydrogens (tertiary/aromatic N) is 6. The monoisotopic (exact) mass is 472 g/mol. The highest BCUT2D eigenvalue weighted by atomic mass is 19.1. The van der Waals surface area contributed by atoms with Crippen molar-refractivity contribution in [1.82, 2.24) is 29.4 Å². The van der Waals surface area contributed by atoms with E-state index in [0.29, 0.717) is 47.6 Å². The van der Waals surface area contributed by atoms with Gasteiger partial charge in [0.25, 0.3) is 0 Å². The molecule has 0 N–H and O–H groups in total. The van der Waals surface area contributed by atoms with Crippen LogP contribution in [0.2, 0.25) is 0 Å². The second kappa shape index (κ2) is 9.00. The van der Waals surface area contributed by atoms with Crippen molar-refractivity contribution in [2.24, 2.45) is 5.92 Å². The van der Waals surface area contributed by atoms with Crippen LogP contribution in [0.15, 0.2) is 42.7 Å². The molecule has 3 saturated heterocycles. The molecule has 7 rings (SSSR count). The molecule has 180 valence electrons. The molecule has 2 bridgehead atoms. The summed E-state index contributed by atoms with van der Waals surface area (Å²) >= 11 is 0. The van der Waals surface area contributed by atoms with Crippen molar-refractivity contribution in [3.63, 3.8) is 0 Å². The molecule has 8 heteroatoms. The van der Waals surface area contributed by atoms with Gasteiger partial charge in [-0.1, -0.05) is 24.3 Å². The molecular formula is C27H29FN6O. The number of hydrogen-bond donors (Lipinski definition) is 0. The third-order valence-electron chi connectivity index (χ3n) is 7.39. The Hall–Kier alpha value is -3.39. The highest BCUT2D eigenvalue weighted by Crippen LogP contribution is 2.39. The van der Waals surface area contributed by atoms with Crippen molar-refractivity contribution in [3.05, 3.63) is 65.4 Å². The fourth-order valence-electron chi connectivity index (χ4n) is 5.61. The number of rotatable bonds is 6. The van der Waals surface area contributed by atoms with Crippen LogP contribution in [-0.2, 0) is 6.54 Å². The van der Waals surface area contributed by atoms with Crippen molar-refractivity contribution < 1.29 is 9.13 Å². The third kappa shape index (κ3) is 4.16. The average molecular weight is 473 g/mol. The summed E-state index contributed by atoms with van der Waals surface area (Å²) in [5, 5.41) is 0. The highest BCUT2D eigenvalue weighted by molar-refractivity contribution is 5.79. The van der Waals surface area contributed by atoms with Crippen LogP contribution in [0.1, 0.15) is 42.5 Å². The minimum atomic E-state index is -0.402. The van der Waals surface area contributed by atoms with Crippen LogP contribution in [-0.4, -0.2) is 55.6 Å². The van der Waals surface area contributed by atoms with Gasteiger partial charge in [-0.2, -0.15) is 9.97 Å². The molecule has 3 aliphatic rings. The van der Waals surface area contributed by atoms with Gasteiger partial charge in [-0.05, 0) is 68.8 Å². The van der Waals surface area contributed by atoms with E-state index in [2.05, 4.69) is 44.1 Å². The summed E-state index contributed by atoms with van der Waals surface area (Å²) < 4.78 is 21.7. The quantitative estimate of drug-likeness (QED) is 0.409. The lowest BCUT2D eigenvalue weighted by molar-refractivity contribution is 0.0871. The van der Waals surface area contributed by atoms with Gasteiger partial charge in [-0.3, -0.25) is 4.98 Å². The van der Waals surface area contributed by atoms with Gasteiger partial charge in [-0.25, -0.2) is 9.37 Å². The Labute approximate surface area is 204 Å². The Bertz CT molecular complexity index is 1360. The van der Waals surface area contributed by atoms with Crippen molar-refractivity contribution in [1.29, 1.82) is 0 Å². The molecule has 1 unspecified atom stereocenters. The third-order valence-corrected chi connectivity index (χ3v) is 7.39. The van der Waals surface area contributed by atoms with Gasteiger partial charge in [0.05, 0.1) is 25.0 Å². The fraction of sp³-hybridized carbons (Fsp3) is 0.407. The van der Waals surface area contributed by atoms with Crippen LogP contribution in [0.4, 0.5) is 4.39 Å². The number of imidazole rings is 1. The Kier molecular flexibility index (Phi) is 5.68. The maximum absolute atomic E-state index is 14.0. The topological polar surface area (TPSA) is 69.0 Å². The number of aromatic nitrogens is 5. The molecule has 1 aromatic carbocycles. The van der Waals surface area contributed by atoms with E-state index in [4.69, 9.17) is 9.72 Å². The molecule has 4 aromatic rings. The first kappa shape index (κ1) is 22.1. The Morgan fingerprint density at radius 1 is 1.06 bits per heavy atom. The van der Waals surface area contributed by atoms with Gasteiger partial charge in [0.2, 0.25) is 0 Å². The van der Waals surface area contributed by atoms with E-state index < -0.39 is 5.82 Å². The number of benzene rings is 1. The molecular weight excluding hydrogens is 443 g/mol. The zero-order valence-corrected chi connectivity index (χ0v) is 20.1. The Morgan fingerprint density at radius 3 is 2.54 bits per heavy atom. The van der Waals surface area contributed by atoms with Crippen molar-refractivity contribution in [3.8, 4) is 17.4 Å². The number of piperidine rings is 3. The minimum absolute atomic E-state index is 0.320. The smallest absolute Gasteiger partial charge is 0.318 e. The van der Waals surface area contributed by atoms with E-state index >= 15 is 0 Å². The molecule has 3 fully saturated rings. The summed E-state index contributed by atoms with van der Waals surface area (Å²) in [6, 6.07) is 10.7. The van der Waals surface area contributed by atoms with E-state index in [-0.39, 0.29) is 0 Å². The normalized spacial score (nSPS) is 21.5. The molecule has 0 saturated carbocycles. The van der Waals surface area contributed by atoms with Crippen LogP contribution in [0.3, 0.4) is 0 Å². The van der Waals surface area contributed by atoms with E-state index in [9.17, 15) is 4.39 Å². The number of halogens is 1. The zero-order valence-electron chi connectivity index (χ0n) is 20.1. The second-order valence-electron chi connectivity index (χ2n) is 9.60. The fourth-order valence-corrected chi connectivity index (χ4v) is 5.61.